The number of thioether (sulfide) groups is 1. The van der Waals surface area contributed by atoms with Crippen LogP contribution in [0.25, 0.3) is 10.9 Å². The quantitative estimate of drug-likeness (QED) is 0.148. The summed E-state index contributed by atoms with van der Waals surface area (Å²) in [5, 5.41) is 18.9. The summed E-state index contributed by atoms with van der Waals surface area (Å²) in [7, 11) is 0. The molecule has 0 fully saturated rings. The molecule has 10 nitrogen and oxygen atoms in total. The van der Waals surface area contributed by atoms with Crippen molar-refractivity contribution in [3.8, 4) is 0 Å². The Kier molecular flexibility index (Phi) is 12.4. The van der Waals surface area contributed by atoms with E-state index in [1.54, 1.807) is 24.3 Å². The molecule has 3 amide bonds. The summed E-state index contributed by atoms with van der Waals surface area (Å²) in [6.07, 6.45) is 5.00. The van der Waals surface area contributed by atoms with E-state index in [4.69, 9.17) is 5.73 Å². The maximum absolute atomic E-state index is 13.5. The van der Waals surface area contributed by atoms with Crippen LogP contribution in [0.1, 0.15) is 37.8 Å². The van der Waals surface area contributed by atoms with Crippen LogP contribution in [-0.4, -0.2) is 70.0 Å². The first-order valence-electron chi connectivity index (χ1n) is 14.1. The van der Waals surface area contributed by atoms with Gasteiger partial charge in [-0.05, 0) is 48.0 Å². The number of nitrogens with two attached hydrogens (primary N) is 1. The summed E-state index contributed by atoms with van der Waals surface area (Å²) in [4.78, 5) is 55.0. The molecule has 0 spiro atoms. The van der Waals surface area contributed by atoms with Crippen LogP contribution in [0.15, 0.2) is 60.8 Å². The number of aromatic amines is 1. The number of H-pyrrole nitrogens is 1. The lowest BCUT2D eigenvalue weighted by Gasteiger charge is -2.28. The monoisotopic (exact) mass is 595 g/mol. The number of para-hydroxylation sites is 1. The summed E-state index contributed by atoms with van der Waals surface area (Å²) in [5.41, 5.74) is 8.87. The minimum Gasteiger partial charge on any atom is -0.480 e. The van der Waals surface area contributed by atoms with Gasteiger partial charge in [0.1, 0.15) is 18.1 Å². The molecular formula is C31H41N5O5S. The predicted octanol–water partition coefficient (Wildman–Crippen LogP) is 2.62. The second-order valence-corrected chi connectivity index (χ2v) is 11.5. The van der Waals surface area contributed by atoms with Crippen LogP contribution in [0.3, 0.4) is 0 Å². The molecule has 0 aliphatic rings. The summed E-state index contributed by atoms with van der Waals surface area (Å²) in [6.45, 7) is 3.69. The molecule has 2 aromatic carbocycles. The fraction of sp³-hybridized carbons (Fsp3) is 0.419. The summed E-state index contributed by atoms with van der Waals surface area (Å²) < 4.78 is 0. The molecule has 0 saturated heterocycles. The second kappa shape index (κ2) is 16.0. The number of hydrogen-bond donors (Lipinski definition) is 6. The van der Waals surface area contributed by atoms with Crippen molar-refractivity contribution in [2.24, 2.45) is 11.7 Å². The first kappa shape index (κ1) is 32.7. The number of benzene rings is 2. The lowest BCUT2D eigenvalue weighted by Crippen LogP contribution is -2.59. The predicted molar refractivity (Wildman–Crippen MR) is 166 cm³/mol. The second-order valence-electron chi connectivity index (χ2n) is 10.5. The Hall–Kier alpha value is -3.83. The maximum atomic E-state index is 13.5. The lowest BCUT2D eigenvalue weighted by atomic mass is 9.96. The van der Waals surface area contributed by atoms with Crippen LogP contribution in [0, 0.1) is 5.92 Å². The molecule has 3 aromatic rings. The molecule has 7 N–H and O–H groups in total. The van der Waals surface area contributed by atoms with Gasteiger partial charge in [0, 0.05) is 23.5 Å². The van der Waals surface area contributed by atoms with E-state index in [9.17, 15) is 24.3 Å². The smallest absolute Gasteiger partial charge is 0.326 e. The molecule has 5 unspecified atom stereocenters. The van der Waals surface area contributed by atoms with Gasteiger partial charge in [-0.15, -0.1) is 0 Å². The number of rotatable bonds is 16. The number of carboxylic acids is 1. The molecule has 3 rings (SSSR count). The van der Waals surface area contributed by atoms with Crippen molar-refractivity contribution in [3.63, 3.8) is 0 Å². The van der Waals surface area contributed by atoms with E-state index in [1.807, 2.05) is 56.6 Å². The highest BCUT2D eigenvalue weighted by Crippen LogP contribution is 2.19. The van der Waals surface area contributed by atoms with E-state index in [0.29, 0.717) is 18.6 Å². The van der Waals surface area contributed by atoms with Crippen molar-refractivity contribution in [2.75, 3.05) is 12.0 Å². The fourth-order valence-electron chi connectivity index (χ4n) is 4.68. The molecule has 42 heavy (non-hydrogen) atoms. The lowest BCUT2D eigenvalue weighted by molar-refractivity contribution is -0.142. The van der Waals surface area contributed by atoms with Crippen LogP contribution in [0.4, 0.5) is 0 Å². The van der Waals surface area contributed by atoms with Crippen LogP contribution < -0.4 is 21.7 Å². The standard InChI is InChI=1S/C31H41N5O5S/c1-4-19(2)27(30(39)35-26(31(40)41)16-20-10-6-5-7-11-20)36-29(38)25(14-15-42-3)34-28(37)23(32)17-21-18-33-24-13-9-8-12-22(21)24/h5-13,18-19,23,25-27,33H,4,14-17,32H2,1-3H3,(H,34,37)(H,35,39)(H,36,38)(H,40,41). The highest BCUT2D eigenvalue weighted by molar-refractivity contribution is 7.98. The van der Waals surface area contributed by atoms with Crippen molar-refractivity contribution >= 4 is 46.4 Å². The van der Waals surface area contributed by atoms with Gasteiger partial charge in [-0.1, -0.05) is 68.8 Å². The minimum absolute atomic E-state index is 0.101. The number of amides is 3. The Bertz CT molecular complexity index is 1350. The average molecular weight is 596 g/mol. The molecule has 5 atom stereocenters. The van der Waals surface area contributed by atoms with Gasteiger partial charge < -0.3 is 31.8 Å². The Labute approximate surface area is 250 Å². The Morgan fingerprint density at radius 2 is 1.57 bits per heavy atom. The number of aromatic nitrogens is 1. The van der Waals surface area contributed by atoms with Crippen molar-refractivity contribution in [2.45, 2.75) is 63.7 Å². The zero-order valence-electron chi connectivity index (χ0n) is 24.3. The van der Waals surface area contributed by atoms with Gasteiger partial charge in [0.25, 0.3) is 0 Å². The number of carbonyl (C=O) groups is 4. The fourth-order valence-corrected chi connectivity index (χ4v) is 5.15. The molecule has 0 bridgehead atoms. The zero-order chi connectivity index (χ0) is 30.6. The van der Waals surface area contributed by atoms with Gasteiger partial charge in [0.2, 0.25) is 17.7 Å². The van der Waals surface area contributed by atoms with Crippen molar-refractivity contribution in [1.29, 1.82) is 0 Å². The Balaban J connectivity index is 1.69. The number of nitrogens with one attached hydrogen (secondary N) is 4. The normalized spacial score (nSPS) is 14.8. The number of carboxylic acid groups (broad SMARTS) is 1. The summed E-state index contributed by atoms with van der Waals surface area (Å²) >= 11 is 1.53. The molecule has 11 heteroatoms. The molecule has 0 saturated carbocycles. The number of aliphatic carboxylic acids is 1. The topological polar surface area (TPSA) is 166 Å². The number of fused-ring (bicyclic) bond motifs is 1. The molecule has 0 aliphatic carbocycles. The Morgan fingerprint density at radius 1 is 0.905 bits per heavy atom. The van der Waals surface area contributed by atoms with Crippen molar-refractivity contribution in [1.82, 2.24) is 20.9 Å². The highest BCUT2D eigenvalue weighted by Gasteiger charge is 2.32. The minimum atomic E-state index is -1.17. The number of hydrogen-bond acceptors (Lipinski definition) is 6. The van der Waals surface area contributed by atoms with E-state index in [2.05, 4.69) is 20.9 Å². The van der Waals surface area contributed by atoms with Crippen LogP contribution in [0.2, 0.25) is 0 Å². The van der Waals surface area contributed by atoms with E-state index >= 15 is 0 Å². The molecular weight excluding hydrogens is 554 g/mol. The molecule has 0 aliphatic heterocycles. The van der Waals surface area contributed by atoms with Gasteiger partial charge in [0.05, 0.1) is 6.04 Å². The molecule has 1 heterocycles. The Morgan fingerprint density at radius 3 is 2.24 bits per heavy atom. The number of carbonyl (C=O) groups excluding carboxylic acids is 3. The van der Waals surface area contributed by atoms with E-state index in [1.165, 1.54) is 11.8 Å². The average Bonchev–Trinajstić information content (AvgIpc) is 3.39. The van der Waals surface area contributed by atoms with Gasteiger partial charge in [0.15, 0.2) is 0 Å². The molecule has 226 valence electrons. The summed E-state index contributed by atoms with van der Waals surface area (Å²) in [6, 6.07) is 12.8. The third-order valence-electron chi connectivity index (χ3n) is 7.39. The van der Waals surface area contributed by atoms with Crippen molar-refractivity contribution < 1.29 is 24.3 Å². The maximum Gasteiger partial charge on any atom is 0.326 e. The van der Waals surface area contributed by atoms with Crippen LogP contribution in [-0.2, 0) is 32.0 Å². The molecule has 1 aromatic heterocycles. The van der Waals surface area contributed by atoms with Gasteiger partial charge in [-0.2, -0.15) is 11.8 Å². The van der Waals surface area contributed by atoms with E-state index in [0.717, 1.165) is 22.0 Å². The zero-order valence-corrected chi connectivity index (χ0v) is 25.1. The SMILES string of the molecule is CCC(C)C(NC(=O)C(CCSC)NC(=O)C(N)Cc1c[nH]c2ccccc12)C(=O)NC(Cc1ccccc1)C(=O)O. The highest BCUT2D eigenvalue weighted by atomic mass is 32.2. The third-order valence-corrected chi connectivity index (χ3v) is 8.03. The van der Waals surface area contributed by atoms with Gasteiger partial charge >= 0.3 is 5.97 Å². The van der Waals surface area contributed by atoms with Crippen LogP contribution in [0.5, 0.6) is 0 Å². The first-order valence-corrected chi connectivity index (χ1v) is 15.5. The molecule has 0 radical (unpaired) electrons. The first-order chi connectivity index (χ1) is 20.1. The van der Waals surface area contributed by atoms with Gasteiger partial charge in [-0.25, -0.2) is 4.79 Å². The third kappa shape index (κ3) is 9.09. The van der Waals surface area contributed by atoms with Gasteiger partial charge in [-0.3, -0.25) is 14.4 Å². The van der Waals surface area contributed by atoms with Crippen molar-refractivity contribution in [3.05, 3.63) is 71.9 Å². The van der Waals surface area contributed by atoms with Crippen LogP contribution >= 0.6 is 11.8 Å². The van der Waals surface area contributed by atoms with E-state index in [-0.39, 0.29) is 18.8 Å². The largest absolute Gasteiger partial charge is 0.480 e. The van der Waals surface area contributed by atoms with E-state index < -0.39 is 47.9 Å². The summed E-state index contributed by atoms with van der Waals surface area (Å²) in [5.74, 6) is -2.45.